The quantitative estimate of drug-likeness (QED) is 0.287. The number of hydrogen-bond donors (Lipinski definition) is 1. The minimum atomic E-state index is -0.531. The molecule has 4 rings (SSSR count). The SMILES string of the molecule is [C-]#[N+]c1c(C(=O)OC2C(C(C)(C)C)CC(C)CC2C(C)(C)C)c2nc(-c3ccccc3C)[nH]n2c1Cl. The van der Waals surface area contributed by atoms with Gasteiger partial charge in [-0.05, 0) is 42.1 Å². The van der Waals surface area contributed by atoms with Crippen LogP contribution in [0.2, 0.25) is 5.15 Å². The van der Waals surface area contributed by atoms with E-state index in [1.165, 1.54) is 4.52 Å². The zero-order chi connectivity index (χ0) is 26.6. The molecule has 36 heavy (non-hydrogen) atoms. The van der Waals surface area contributed by atoms with Crippen LogP contribution in [0.25, 0.3) is 21.9 Å². The molecule has 0 radical (unpaired) electrons. The second kappa shape index (κ2) is 9.27. The number of aromatic nitrogens is 3. The maximum Gasteiger partial charge on any atom is 0.331 e. The normalized spacial score (nSPS) is 23.0. The van der Waals surface area contributed by atoms with Crippen molar-refractivity contribution >= 4 is 28.9 Å². The lowest BCUT2D eigenvalue weighted by Gasteiger charge is -2.50. The molecule has 0 saturated heterocycles. The highest BCUT2D eigenvalue weighted by molar-refractivity contribution is 6.34. The van der Waals surface area contributed by atoms with Gasteiger partial charge >= 0.3 is 5.97 Å². The number of ether oxygens (including phenoxy) is 1. The summed E-state index contributed by atoms with van der Waals surface area (Å²) in [4.78, 5) is 22.2. The van der Waals surface area contributed by atoms with Crippen LogP contribution in [0.5, 0.6) is 0 Å². The first-order valence-electron chi connectivity index (χ1n) is 12.7. The number of hydrogen-bond acceptors (Lipinski definition) is 3. The Morgan fingerprint density at radius 3 is 2.25 bits per heavy atom. The number of nitrogens with zero attached hydrogens (tertiary/aromatic N) is 3. The fourth-order valence-electron chi connectivity index (χ4n) is 5.76. The van der Waals surface area contributed by atoms with Gasteiger partial charge in [-0.1, -0.05) is 84.3 Å². The van der Waals surface area contributed by atoms with E-state index in [0.717, 1.165) is 24.0 Å². The van der Waals surface area contributed by atoms with Crippen LogP contribution in [0.15, 0.2) is 24.3 Å². The standard InChI is InChI=1S/C29H37ClN4O2/c1-16-14-19(28(3,4)5)23(20(15-16)29(6,7)8)36-27(35)21-22(31-9)24(30)34-26(21)32-25(33-34)18-13-11-10-12-17(18)2/h10-13,16,19-20,23H,14-15H2,1-8H3,(H,32,33). The predicted octanol–water partition coefficient (Wildman–Crippen LogP) is 8.12. The Kier molecular flexibility index (Phi) is 6.77. The number of aromatic amines is 1. The number of carbonyl (C=O) groups is 1. The molecule has 1 aromatic carbocycles. The Bertz CT molecular complexity index is 1310. The molecule has 7 heteroatoms. The van der Waals surface area contributed by atoms with E-state index in [-0.39, 0.29) is 45.2 Å². The largest absolute Gasteiger partial charge is 0.459 e. The number of halogens is 1. The molecule has 192 valence electrons. The molecule has 2 heterocycles. The van der Waals surface area contributed by atoms with Gasteiger partial charge in [0.15, 0.2) is 11.5 Å². The summed E-state index contributed by atoms with van der Waals surface area (Å²) in [5.41, 5.74) is 2.39. The molecule has 2 unspecified atom stereocenters. The Hall–Kier alpha value is -2.78. The first-order valence-corrected chi connectivity index (χ1v) is 13.1. The first kappa shape index (κ1) is 26.3. The molecule has 0 aliphatic heterocycles. The molecular formula is C29H37ClN4O2. The molecule has 2 atom stereocenters. The molecule has 0 amide bonds. The average molecular weight is 509 g/mol. The van der Waals surface area contributed by atoms with Crippen molar-refractivity contribution in [2.24, 2.45) is 28.6 Å². The van der Waals surface area contributed by atoms with Crippen molar-refractivity contribution in [1.82, 2.24) is 14.6 Å². The monoisotopic (exact) mass is 508 g/mol. The van der Waals surface area contributed by atoms with E-state index in [0.29, 0.717) is 17.4 Å². The van der Waals surface area contributed by atoms with Gasteiger partial charge < -0.3 is 4.74 Å². The Labute approximate surface area is 219 Å². The molecule has 1 fully saturated rings. The maximum absolute atomic E-state index is 13.9. The second-order valence-corrected chi connectivity index (χ2v) is 12.9. The number of carbonyl (C=O) groups excluding carboxylic acids is 1. The van der Waals surface area contributed by atoms with Gasteiger partial charge in [-0.25, -0.2) is 19.1 Å². The van der Waals surface area contributed by atoms with Crippen LogP contribution in [-0.4, -0.2) is 26.7 Å². The topological polar surface area (TPSA) is 63.8 Å². The smallest absolute Gasteiger partial charge is 0.331 e. The Morgan fingerprint density at radius 1 is 1.14 bits per heavy atom. The summed E-state index contributed by atoms with van der Waals surface area (Å²) < 4.78 is 7.91. The van der Waals surface area contributed by atoms with E-state index < -0.39 is 5.97 Å². The predicted molar refractivity (Wildman–Crippen MR) is 144 cm³/mol. The highest BCUT2D eigenvalue weighted by atomic mass is 35.5. The molecule has 6 nitrogen and oxygen atoms in total. The third-order valence-corrected chi connectivity index (χ3v) is 8.14. The van der Waals surface area contributed by atoms with Crippen molar-refractivity contribution < 1.29 is 9.53 Å². The van der Waals surface area contributed by atoms with Crippen molar-refractivity contribution in [3.63, 3.8) is 0 Å². The highest BCUT2D eigenvalue weighted by Gasteiger charge is 2.48. The van der Waals surface area contributed by atoms with E-state index in [4.69, 9.17) is 27.9 Å². The minimum Gasteiger partial charge on any atom is -0.459 e. The lowest BCUT2D eigenvalue weighted by Crippen LogP contribution is -2.49. The fraction of sp³-hybridized carbons (Fsp3) is 0.552. The molecule has 1 saturated carbocycles. The Balaban J connectivity index is 1.80. The summed E-state index contributed by atoms with van der Waals surface area (Å²) >= 11 is 6.58. The van der Waals surface area contributed by atoms with Crippen LogP contribution in [0.3, 0.4) is 0 Å². The Morgan fingerprint density at radius 2 is 1.72 bits per heavy atom. The molecule has 2 aromatic heterocycles. The van der Waals surface area contributed by atoms with Crippen LogP contribution in [0.4, 0.5) is 5.69 Å². The molecule has 1 aliphatic rings. The third-order valence-electron chi connectivity index (χ3n) is 7.79. The second-order valence-electron chi connectivity index (χ2n) is 12.6. The van der Waals surface area contributed by atoms with Crippen molar-refractivity contribution in [2.45, 2.75) is 74.3 Å². The van der Waals surface area contributed by atoms with Crippen molar-refractivity contribution in [3.8, 4) is 11.4 Å². The van der Waals surface area contributed by atoms with Gasteiger partial charge in [0.2, 0.25) is 5.69 Å². The average Bonchev–Trinajstić information content (AvgIpc) is 3.31. The number of esters is 1. The number of H-pyrrole nitrogens is 1. The molecule has 1 N–H and O–H groups in total. The van der Waals surface area contributed by atoms with Crippen molar-refractivity contribution in [3.05, 3.63) is 52.0 Å². The number of rotatable bonds is 3. The number of benzene rings is 1. The third kappa shape index (κ3) is 4.66. The van der Waals surface area contributed by atoms with Gasteiger partial charge in [0.1, 0.15) is 16.8 Å². The summed E-state index contributed by atoms with van der Waals surface area (Å²) in [5.74, 6) is 0.992. The number of fused-ring (bicyclic) bond motifs is 1. The van der Waals surface area contributed by atoms with E-state index in [2.05, 4.69) is 58.4 Å². The summed E-state index contributed by atoms with van der Waals surface area (Å²) in [6.45, 7) is 25.3. The molecule has 1 aliphatic carbocycles. The fourth-order valence-corrected chi connectivity index (χ4v) is 6.02. The van der Waals surface area contributed by atoms with Crippen LogP contribution >= 0.6 is 11.6 Å². The van der Waals surface area contributed by atoms with Gasteiger partial charge in [0, 0.05) is 17.4 Å². The van der Waals surface area contributed by atoms with E-state index in [9.17, 15) is 4.79 Å². The van der Waals surface area contributed by atoms with Gasteiger partial charge in [-0.15, -0.1) is 0 Å². The van der Waals surface area contributed by atoms with Gasteiger partial charge in [-0.3, -0.25) is 5.10 Å². The van der Waals surface area contributed by atoms with Gasteiger partial charge in [0.05, 0.1) is 6.57 Å². The van der Waals surface area contributed by atoms with Gasteiger partial charge in [-0.2, -0.15) is 0 Å². The van der Waals surface area contributed by atoms with Crippen LogP contribution in [0.1, 0.15) is 77.2 Å². The molecular weight excluding hydrogens is 472 g/mol. The zero-order valence-corrected chi connectivity index (χ0v) is 23.3. The molecule has 0 bridgehead atoms. The van der Waals surface area contributed by atoms with Crippen LogP contribution in [-0.2, 0) is 4.74 Å². The van der Waals surface area contributed by atoms with E-state index in [1.807, 2.05) is 31.2 Å². The first-order chi connectivity index (χ1) is 16.7. The maximum atomic E-state index is 13.9. The van der Waals surface area contributed by atoms with Crippen molar-refractivity contribution in [1.29, 1.82) is 0 Å². The highest BCUT2D eigenvalue weighted by Crippen LogP contribution is 2.50. The summed E-state index contributed by atoms with van der Waals surface area (Å²) in [5, 5.41) is 3.30. The zero-order valence-electron chi connectivity index (χ0n) is 22.6. The summed E-state index contributed by atoms with van der Waals surface area (Å²) in [7, 11) is 0. The lowest BCUT2D eigenvalue weighted by molar-refractivity contribution is -0.0922. The number of aryl methyl sites for hydroxylation is 1. The summed E-state index contributed by atoms with van der Waals surface area (Å²) in [6, 6.07) is 7.85. The van der Waals surface area contributed by atoms with Gasteiger partial charge in [0.25, 0.3) is 0 Å². The minimum absolute atomic E-state index is 0.0379. The van der Waals surface area contributed by atoms with E-state index >= 15 is 0 Å². The summed E-state index contributed by atoms with van der Waals surface area (Å²) in [6.07, 6.45) is 1.72. The molecule has 0 spiro atoms. The van der Waals surface area contributed by atoms with Crippen molar-refractivity contribution in [2.75, 3.05) is 0 Å². The van der Waals surface area contributed by atoms with Crippen LogP contribution in [0, 0.1) is 42.1 Å². The lowest BCUT2D eigenvalue weighted by atomic mass is 9.59. The number of nitrogens with one attached hydrogen (secondary N) is 1. The molecule has 3 aromatic rings. The van der Waals surface area contributed by atoms with E-state index in [1.54, 1.807) is 0 Å². The van der Waals surface area contributed by atoms with Crippen LogP contribution < -0.4 is 0 Å².